The van der Waals surface area contributed by atoms with Gasteiger partial charge >= 0.3 is 7.68 Å². The van der Waals surface area contributed by atoms with E-state index in [2.05, 4.69) is 5.32 Å². The molecule has 0 saturated heterocycles. The Morgan fingerprint density at radius 1 is 1.11 bits per heavy atom. The molecule has 0 aliphatic carbocycles. The second-order valence-electron chi connectivity index (χ2n) is 8.09. The molecule has 3 rings (SSSR count). The van der Waals surface area contributed by atoms with Crippen molar-refractivity contribution in [2.75, 3.05) is 10.2 Å². The first-order valence-corrected chi connectivity index (χ1v) is 10.2. The van der Waals surface area contributed by atoms with Crippen molar-refractivity contribution in [2.45, 2.75) is 44.8 Å². The summed E-state index contributed by atoms with van der Waals surface area (Å²) in [5, 5.41) is 1.41. The fraction of sp³-hybridized carbons (Fsp3) is 0.333. The Kier molecular flexibility index (Phi) is 5.02. The molecule has 1 aliphatic heterocycles. The zero-order valence-corrected chi connectivity index (χ0v) is 17.2. The third kappa shape index (κ3) is 3.52. The average Bonchev–Trinajstić information content (AvgIpc) is 2.61. The molecule has 2 aromatic rings. The van der Waals surface area contributed by atoms with Gasteiger partial charge in [-0.3, -0.25) is 14.5 Å². The number of nitrogens with one attached hydrogen (secondary N) is 1. The second kappa shape index (κ2) is 7.02. The first kappa shape index (κ1) is 20.0. The van der Waals surface area contributed by atoms with Crippen LogP contribution in [0, 0.1) is 0 Å². The van der Waals surface area contributed by atoms with Gasteiger partial charge in [0.15, 0.2) is 5.28 Å². The Bertz CT molecular complexity index is 1000. The summed E-state index contributed by atoms with van der Waals surface area (Å²) in [5.41, 5.74) is 1.86. The lowest BCUT2D eigenvalue weighted by Gasteiger charge is -2.43. The van der Waals surface area contributed by atoms with Gasteiger partial charge in [0.2, 0.25) is 5.91 Å². The minimum absolute atomic E-state index is 0.197. The van der Waals surface area contributed by atoms with E-state index in [1.54, 1.807) is 24.3 Å². The van der Waals surface area contributed by atoms with Crippen LogP contribution in [0.4, 0.5) is 11.4 Å². The minimum atomic E-state index is -2.91. The molecule has 6 nitrogen and oxygen atoms in total. The molecule has 0 atom stereocenters. The first-order chi connectivity index (χ1) is 13.0. The van der Waals surface area contributed by atoms with E-state index >= 15 is 0 Å². The number of hydrogen-bond donors (Lipinski definition) is 1. The number of fused-ring (bicyclic) bond motifs is 1. The number of hydrogen-bond acceptors (Lipinski definition) is 4. The van der Waals surface area contributed by atoms with Gasteiger partial charge in [-0.2, -0.15) is 0 Å². The molecule has 0 spiro atoms. The van der Waals surface area contributed by atoms with Crippen molar-refractivity contribution < 1.29 is 18.7 Å². The largest absolute Gasteiger partial charge is 0.341 e. The van der Waals surface area contributed by atoms with Gasteiger partial charge in [0, 0.05) is 28.8 Å². The summed E-state index contributed by atoms with van der Waals surface area (Å²) in [4.78, 5) is 26.9. The Morgan fingerprint density at radius 3 is 2.36 bits per heavy atom. The molecule has 0 unspecified atom stereocenters. The fourth-order valence-electron chi connectivity index (χ4n) is 3.52. The predicted octanol–water partition coefficient (Wildman–Crippen LogP) is 4.86. The molecule has 1 N–H and O–H groups in total. The third-order valence-corrected chi connectivity index (χ3v) is 6.19. The van der Waals surface area contributed by atoms with Crippen molar-refractivity contribution in [1.29, 1.82) is 0 Å². The smallest absolute Gasteiger partial charge is 0.322 e. The van der Waals surface area contributed by atoms with Crippen molar-refractivity contribution in [1.82, 2.24) is 0 Å². The number of amides is 2. The molecule has 2 amide bonds. The van der Waals surface area contributed by atoms with E-state index in [1.165, 1.54) is 18.7 Å². The predicted molar refractivity (Wildman–Crippen MR) is 108 cm³/mol. The zero-order chi connectivity index (χ0) is 20.7. The van der Waals surface area contributed by atoms with Gasteiger partial charge in [-0.15, -0.1) is 0 Å². The van der Waals surface area contributed by atoms with Crippen LogP contribution in [0.25, 0.3) is 0 Å². The molecule has 146 valence electrons. The van der Waals surface area contributed by atoms with Crippen LogP contribution in [0.5, 0.6) is 0 Å². The van der Waals surface area contributed by atoms with Crippen molar-refractivity contribution in [3.8, 4) is 0 Å². The maximum Gasteiger partial charge on any atom is 0.341 e. The lowest BCUT2D eigenvalue weighted by atomic mass is 9.76. The molecule has 7 heteroatoms. The Balaban J connectivity index is 2.08. The normalized spacial score (nSPS) is 15.7. The summed E-state index contributed by atoms with van der Waals surface area (Å²) in [7, 11) is -2.91. The van der Waals surface area contributed by atoms with Gasteiger partial charge in [-0.1, -0.05) is 38.1 Å². The van der Waals surface area contributed by atoms with E-state index in [4.69, 9.17) is 0 Å². The average molecular weight is 398 g/mol. The van der Waals surface area contributed by atoms with Crippen LogP contribution in [0.15, 0.2) is 48.5 Å². The number of anilines is 2. The lowest BCUT2D eigenvalue weighted by molar-refractivity contribution is -0.120. The topological polar surface area (TPSA) is 83.6 Å². The van der Waals surface area contributed by atoms with E-state index in [-0.39, 0.29) is 18.2 Å². The highest BCUT2D eigenvalue weighted by atomic mass is 31.1. The highest BCUT2D eigenvalue weighted by Gasteiger charge is 2.45. The number of carbonyl (C=O) groups excluding carboxylic acids is 2. The van der Waals surface area contributed by atoms with Crippen LogP contribution in [-0.4, -0.2) is 17.1 Å². The van der Waals surface area contributed by atoms with E-state index in [1.807, 2.05) is 38.1 Å². The summed E-state index contributed by atoms with van der Waals surface area (Å²) < 4.78 is 23.7. The molecule has 1 heterocycles. The number of benzene rings is 2. The standard InChI is InChI=1S/C21H23N2O4P/c1-20(2)13-18(24)23(21(3,4)28(26)27)17-12-14(10-11-16(17)20)19(25)22-15-8-6-5-7-9-15/h5-12H,13H2,1-4H3,(H,22,25). The van der Waals surface area contributed by atoms with Crippen LogP contribution in [-0.2, 0) is 19.3 Å². The highest BCUT2D eigenvalue weighted by Crippen LogP contribution is 2.46. The number of carbonyl (C=O) groups is 2. The Morgan fingerprint density at radius 2 is 1.75 bits per heavy atom. The van der Waals surface area contributed by atoms with Gasteiger partial charge in [0.05, 0.1) is 0 Å². The number of nitrogens with zero attached hydrogens (tertiary/aromatic N) is 1. The van der Waals surface area contributed by atoms with Crippen LogP contribution in [0.3, 0.4) is 0 Å². The summed E-state index contributed by atoms with van der Waals surface area (Å²) in [6.45, 7) is 6.87. The van der Waals surface area contributed by atoms with Crippen LogP contribution < -0.4 is 10.2 Å². The third-order valence-electron chi connectivity index (χ3n) is 5.10. The van der Waals surface area contributed by atoms with E-state index in [9.17, 15) is 18.7 Å². The van der Waals surface area contributed by atoms with Gasteiger partial charge in [0.1, 0.15) is 0 Å². The van der Waals surface area contributed by atoms with E-state index in [0.717, 1.165) is 5.56 Å². The Hall–Kier alpha value is -2.72. The van der Waals surface area contributed by atoms with Crippen LogP contribution >= 0.6 is 7.68 Å². The van der Waals surface area contributed by atoms with Crippen LogP contribution in [0.1, 0.15) is 50.0 Å². The van der Waals surface area contributed by atoms with Crippen LogP contribution in [0.2, 0.25) is 0 Å². The van der Waals surface area contributed by atoms with Gasteiger partial charge in [0.25, 0.3) is 5.91 Å². The SMILES string of the molecule is CC1(C)CC(=O)N(C(C)(C)P(=O)=O)c2cc(C(=O)Nc3ccccc3)ccc21. The minimum Gasteiger partial charge on any atom is -0.322 e. The molecular weight excluding hydrogens is 375 g/mol. The van der Waals surface area contributed by atoms with Gasteiger partial charge in [-0.25, -0.2) is 9.13 Å². The van der Waals surface area contributed by atoms with Crippen molar-refractivity contribution in [2.24, 2.45) is 0 Å². The maximum atomic E-state index is 12.9. The highest BCUT2D eigenvalue weighted by molar-refractivity contribution is 7.33. The summed E-state index contributed by atoms with van der Waals surface area (Å²) in [6, 6.07) is 14.2. The summed E-state index contributed by atoms with van der Waals surface area (Å²) in [5.74, 6) is -0.601. The second-order valence-corrected chi connectivity index (χ2v) is 9.70. The molecule has 0 fully saturated rings. The van der Waals surface area contributed by atoms with Gasteiger partial charge < -0.3 is 5.32 Å². The number of rotatable bonds is 4. The summed E-state index contributed by atoms with van der Waals surface area (Å²) >= 11 is 0. The molecule has 2 aromatic carbocycles. The van der Waals surface area contributed by atoms with E-state index in [0.29, 0.717) is 16.9 Å². The van der Waals surface area contributed by atoms with Crippen molar-refractivity contribution in [3.63, 3.8) is 0 Å². The maximum absolute atomic E-state index is 12.9. The molecule has 0 aromatic heterocycles. The molecule has 0 bridgehead atoms. The quantitative estimate of drug-likeness (QED) is 0.746. The first-order valence-electron chi connectivity index (χ1n) is 9.02. The summed E-state index contributed by atoms with van der Waals surface area (Å²) in [6.07, 6.45) is 0.197. The van der Waals surface area contributed by atoms with Gasteiger partial charge in [-0.05, 0) is 43.7 Å². The van der Waals surface area contributed by atoms with Crippen molar-refractivity contribution >= 4 is 30.9 Å². The molecular formula is C21H23N2O4P. The van der Waals surface area contributed by atoms with Crippen molar-refractivity contribution in [3.05, 3.63) is 59.7 Å². The fourth-order valence-corrected chi connectivity index (χ4v) is 3.91. The lowest BCUT2D eigenvalue weighted by Crippen LogP contribution is -2.50. The monoisotopic (exact) mass is 398 g/mol. The molecule has 28 heavy (non-hydrogen) atoms. The zero-order valence-electron chi connectivity index (χ0n) is 16.4. The van der Waals surface area contributed by atoms with E-state index < -0.39 is 18.4 Å². The molecule has 0 saturated carbocycles. The molecule has 1 aliphatic rings. The Labute approximate surface area is 164 Å². The number of para-hydroxylation sites is 1. The molecule has 0 radical (unpaired) electrons.